The monoisotopic (exact) mass is 234 g/mol. The highest BCUT2D eigenvalue weighted by Crippen LogP contribution is 2.27. The average Bonchev–Trinajstić information content (AvgIpc) is 2.40. The zero-order chi connectivity index (χ0) is 12.1. The van der Waals surface area contributed by atoms with Crippen molar-refractivity contribution in [1.82, 2.24) is 0 Å². The van der Waals surface area contributed by atoms with Gasteiger partial charge in [-0.2, -0.15) is 0 Å². The van der Waals surface area contributed by atoms with E-state index in [1.165, 1.54) is 37.7 Å². The standard InChI is InChI=1S/C15H22O2/c1-12(17-15-6-4-3-5-7-15)13-8-10-14(16-2)11-9-13/h8-12,15H,3-7H2,1-2H3. The van der Waals surface area contributed by atoms with Gasteiger partial charge >= 0.3 is 0 Å². The molecule has 0 heterocycles. The third-order valence-electron chi connectivity index (χ3n) is 3.53. The fourth-order valence-corrected chi connectivity index (χ4v) is 2.44. The molecule has 1 saturated carbocycles. The lowest BCUT2D eigenvalue weighted by atomic mass is 9.97. The summed E-state index contributed by atoms with van der Waals surface area (Å²) in [6.07, 6.45) is 7.10. The van der Waals surface area contributed by atoms with Crippen LogP contribution in [0.15, 0.2) is 24.3 Å². The van der Waals surface area contributed by atoms with Crippen molar-refractivity contribution in [2.24, 2.45) is 0 Å². The first-order valence-corrected chi connectivity index (χ1v) is 6.59. The summed E-state index contributed by atoms with van der Waals surface area (Å²) in [5.74, 6) is 0.901. The molecule has 0 spiro atoms. The van der Waals surface area contributed by atoms with Gasteiger partial charge in [-0.15, -0.1) is 0 Å². The molecule has 1 aliphatic rings. The van der Waals surface area contributed by atoms with Crippen LogP contribution in [0.2, 0.25) is 0 Å². The second-order valence-corrected chi connectivity index (χ2v) is 4.81. The highest BCUT2D eigenvalue weighted by atomic mass is 16.5. The molecule has 0 saturated heterocycles. The van der Waals surface area contributed by atoms with E-state index in [0.29, 0.717) is 6.10 Å². The Hall–Kier alpha value is -1.02. The summed E-state index contributed by atoms with van der Waals surface area (Å²) >= 11 is 0. The predicted molar refractivity (Wildman–Crippen MR) is 69.4 cm³/mol. The topological polar surface area (TPSA) is 18.5 Å². The molecule has 1 unspecified atom stereocenters. The molecule has 1 aromatic rings. The van der Waals surface area contributed by atoms with Crippen molar-refractivity contribution in [2.75, 3.05) is 7.11 Å². The van der Waals surface area contributed by atoms with E-state index >= 15 is 0 Å². The number of ether oxygens (including phenoxy) is 2. The van der Waals surface area contributed by atoms with Gasteiger partial charge in [-0.1, -0.05) is 31.4 Å². The molecule has 2 nitrogen and oxygen atoms in total. The summed E-state index contributed by atoms with van der Waals surface area (Å²) in [4.78, 5) is 0. The summed E-state index contributed by atoms with van der Waals surface area (Å²) in [7, 11) is 1.69. The molecule has 1 aromatic carbocycles. The molecule has 2 heteroatoms. The van der Waals surface area contributed by atoms with E-state index in [0.717, 1.165) is 5.75 Å². The molecule has 1 fully saturated rings. The van der Waals surface area contributed by atoms with E-state index in [2.05, 4.69) is 19.1 Å². The maximum atomic E-state index is 6.11. The van der Waals surface area contributed by atoms with Crippen molar-refractivity contribution in [1.29, 1.82) is 0 Å². The molecule has 2 rings (SSSR count). The summed E-state index contributed by atoms with van der Waals surface area (Å²) in [6, 6.07) is 8.17. The Morgan fingerprint density at radius 3 is 2.29 bits per heavy atom. The van der Waals surface area contributed by atoms with E-state index in [1.54, 1.807) is 7.11 Å². The number of rotatable bonds is 4. The van der Waals surface area contributed by atoms with Crippen LogP contribution in [0.3, 0.4) is 0 Å². The minimum atomic E-state index is 0.184. The first-order valence-electron chi connectivity index (χ1n) is 6.59. The Labute approximate surface area is 104 Å². The lowest BCUT2D eigenvalue weighted by Gasteiger charge is -2.26. The fraction of sp³-hybridized carbons (Fsp3) is 0.600. The normalized spacial score (nSPS) is 18.9. The Bertz CT molecular complexity index is 325. The van der Waals surface area contributed by atoms with Gasteiger partial charge in [-0.05, 0) is 37.5 Å². The smallest absolute Gasteiger partial charge is 0.118 e. The Morgan fingerprint density at radius 2 is 1.71 bits per heavy atom. The van der Waals surface area contributed by atoms with E-state index in [-0.39, 0.29) is 6.10 Å². The third-order valence-corrected chi connectivity index (χ3v) is 3.53. The maximum absolute atomic E-state index is 6.11. The van der Waals surface area contributed by atoms with Crippen molar-refractivity contribution >= 4 is 0 Å². The van der Waals surface area contributed by atoms with Crippen LogP contribution in [-0.2, 0) is 4.74 Å². The third kappa shape index (κ3) is 3.47. The highest BCUT2D eigenvalue weighted by Gasteiger charge is 2.17. The molecule has 1 aliphatic carbocycles. The minimum absolute atomic E-state index is 0.184. The lowest BCUT2D eigenvalue weighted by Crippen LogP contribution is -2.18. The van der Waals surface area contributed by atoms with Gasteiger partial charge in [0.15, 0.2) is 0 Å². The van der Waals surface area contributed by atoms with E-state index in [4.69, 9.17) is 9.47 Å². The first-order chi connectivity index (χ1) is 8.29. The molecule has 94 valence electrons. The van der Waals surface area contributed by atoms with Crippen molar-refractivity contribution in [3.05, 3.63) is 29.8 Å². The average molecular weight is 234 g/mol. The zero-order valence-corrected chi connectivity index (χ0v) is 10.8. The number of hydrogen-bond acceptors (Lipinski definition) is 2. The van der Waals surface area contributed by atoms with Gasteiger partial charge < -0.3 is 9.47 Å². The van der Waals surface area contributed by atoms with Crippen LogP contribution in [0.1, 0.15) is 50.7 Å². The SMILES string of the molecule is COc1ccc(C(C)OC2CCCCC2)cc1. The summed E-state index contributed by atoms with van der Waals surface area (Å²) in [5.41, 5.74) is 1.23. The molecule has 17 heavy (non-hydrogen) atoms. The zero-order valence-electron chi connectivity index (χ0n) is 10.8. The molecule has 0 aliphatic heterocycles. The van der Waals surface area contributed by atoms with Crippen molar-refractivity contribution in [3.8, 4) is 5.75 Å². The molecular formula is C15H22O2. The summed E-state index contributed by atoms with van der Waals surface area (Å²) < 4.78 is 11.3. The van der Waals surface area contributed by atoms with Crippen LogP contribution in [-0.4, -0.2) is 13.2 Å². The summed E-state index contributed by atoms with van der Waals surface area (Å²) in [6.45, 7) is 2.14. The van der Waals surface area contributed by atoms with Crippen molar-refractivity contribution in [3.63, 3.8) is 0 Å². The molecule has 0 N–H and O–H groups in total. The van der Waals surface area contributed by atoms with Gasteiger partial charge in [-0.3, -0.25) is 0 Å². The molecule has 1 atom stereocenters. The molecule has 0 aromatic heterocycles. The van der Waals surface area contributed by atoms with Crippen molar-refractivity contribution < 1.29 is 9.47 Å². The number of methoxy groups -OCH3 is 1. The van der Waals surface area contributed by atoms with Crippen LogP contribution in [0.4, 0.5) is 0 Å². The predicted octanol–water partition coefficient (Wildman–Crippen LogP) is 4.11. The summed E-state index contributed by atoms with van der Waals surface area (Å²) in [5, 5.41) is 0. The van der Waals surface area contributed by atoms with Gasteiger partial charge in [0, 0.05) is 0 Å². The molecule has 0 amide bonds. The minimum Gasteiger partial charge on any atom is -0.497 e. The van der Waals surface area contributed by atoms with Crippen molar-refractivity contribution in [2.45, 2.75) is 51.2 Å². The fourth-order valence-electron chi connectivity index (χ4n) is 2.44. The highest BCUT2D eigenvalue weighted by molar-refractivity contribution is 5.28. The Morgan fingerprint density at radius 1 is 1.06 bits per heavy atom. The van der Waals surface area contributed by atoms with Gasteiger partial charge in [0.2, 0.25) is 0 Å². The van der Waals surface area contributed by atoms with Crippen LogP contribution in [0.5, 0.6) is 5.75 Å². The Kier molecular flexibility index (Phi) is 4.43. The van der Waals surface area contributed by atoms with E-state index in [9.17, 15) is 0 Å². The molecule has 0 radical (unpaired) electrons. The lowest BCUT2D eigenvalue weighted by molar-refractivity contribution is -0.0222. The molecule has 0 bridgehead atoms. The quantitative estimate of drug-likeness (QED) is 0.780. The van der Waals surface area contributed by atoms with E-state index < -0.39 is 0 Å². The second kappa shape index (κ2) is 6.06. The largest absolute Gasteiger partial charge is 0.497 e. The maximum Gasteiger partial charge on any atom is 0.118 e. The Balaban J connectivity index is 1.91. The van der Waals surface area contributed by atoms with Crippen LogP contribution in [0.25, 0.3) is 0 Å². The van der Waals surface area contributed by atoms with Gasteiger partial charge in [0.25, 0.3) is 0 Å². The van der Waals surface area contributed by atoms with Crippen LogP contribution >= 0.6 is 0 Å². The second-order valence-electron chi connectivity index (χ2n) is 4.81. The first kappa shape index (κ1) is 12.4. The van der Waals surface area contributed by atoms with E-state index in [1.807, 2.05) is 12.1 Å². The number of benzene rings is 1. The molecular weight excluding hydrogens is 212 g/mol. The van der Waals surface area contributed by atoms with Gasteiger partial charge in [0.05, 0.1) is 19.3 Å². The van der Waals surface area contributed by atoms with Crippen LogP contribution < -0.4 is 4.74 Å². The number of hydrogen-bond donors (Lipinski definition) is 0. The van der Waals surface area contributed by atoms with Gasteiger partial charge in [0.1, 0.15) is 5.75 Å². The van der Waals surface area contributed by atoms with Crippen LogP contribution in [0, 0.1) is 0 Å². The van der Waals surface area contributed by atoms with Gasteiger partial charge in [-0.25, -0.2) is 0 Å².